The van der Waals surface area contributed by atoms with Crippen molar-refractivity contribution >= 4 is 23.8 Å². The number of methoxy groups -OCH3 is 1. The van der Waals surface area contributed by atoms with Gasteiger partial charge in [0, 0.05) is 18.2 Å². The Labute approximate surface area is 152 Å². The van der Waals surface area contributed by atoms with E-state index < -0.39 is 18.0 Å². The summed E-state index contributed by atoms with van der Waals surface area (Å²) < 4.78 is 11.9. The number of esters is 1. The van der Waals surface area contributed by atoms with E-state index in [0.29, 0.717) is 11.6 Å². The van der Waals surface area contributed by atoms with Crippen molar-refractivity contribution in [1.82, 2.24) is 9.78 Å². The largest absolute Gasteiger partial charge is 0.497 e. The molecule has 0 radical (unpaired) electrons. The quantitative estimate of drug-likeness (QED) is 0.608. The van der Waals surface area contributed by atoms with E-state index in [4.69, 9.17) is 9.47 Å². The zero-order chi connectivity index (χ0) is 19.1. The molecule has 0 fully saturated rings. The SMILES string of the molecule is COc1cccc(/C=C/C(=O)O[C@H](C)C(=O)Nc2ccnn2C(C)C)c1. The first-order valence-corrected chi connectivity index (χ1v) is 8.28. The smallest absolute Gasteiger partial charge is 0.331 e. The van der Waals surface area contributed by atoms with E-state index >= 15 is 0 Å². The first kappa shape index (κ1) is 19.2. The number of anilines is 1. The second kappa shape index (κ2) is 8.84. The Balaban J connectivity index is 1.92. The third-order valence-corrected chi connectivity index (χ3v) is 3.58. The van der Waals surface area contributed by atoms with Gasteiger partial charge in [-0.25, -0.2) is 9.48 Å². The zero-order valence-corrected chi connectivity index (χ0v) is 15.3. The lowest BCUT2D eigenvalue weighted by Gasteiger charge is -2.15. The van der Waals surface area contributed by atoms with Crippen LogP contribution >= 0.6 is 0 Å². The van der Waals surface area contributed by atoms with E-state index in [1.54, 1.807) is 36.2 Å². The van der Waals surface area contributed by atoms with Crippen LogP contribution in [-0.2, 0) is 14.3 Å². The maximum absolute atomic E-state index is 12.2. The molecule has 0 bridgehead atoms. The molecule has 1 amide bonds. The van der Waals surface area contributed by atoms with Crippen LogP contribution in [-0.4, -0.2) is 34.9 Å². The van der Waals surface area contributed by atoms with Crippen LogP contribution < -0.4 is 10.1 Å². The van der Waals surface area contributed by atoms with Crippen molar-refractivity contribution in [3.8, 4) is 5.75 Å². The lowest BCUT2D eigenvalue weighted by molar-refractivity contribution is -0.148. The van der Waals surface area contributed by atoms with Crippen LogP contribution in [0.5, 0.6) is 5.75 Å². The van der Waals surface area contributed by atoms with Crippen molar-refractivity contribution in [2.24, 2.45) is 0 Å². The van der Waals surface area contributed by atoms with Gasteiger partial charge in [0.1, 0.15) is 11.6 Å². The minimum atomic E-state index is -0.937. The molecule has 0 unspecified atom stereocenters. The third-order valence-electron chi connectivity index (χ3n) is 3.58. The number of hydrogen-bond donors (Lipinski definition) is 1. The molecule has 0 saturated heterocycles. The van der Waals surface area contributed by atoms with E-state index in [9.17, 15) is 9.59 Å². The molecule has 2 rings (SSSR count). The lowest BCUT2D eigenvalue weighted by Crippen LogP contribution is -2.30. The molecule has 138 valence electrons. The van der Waals surface area contributed by atoms with Gasteiger partial charge in [-0.2, -0.15) is 5.10 Å². The summed E-state index contributed by atoms with van der Waals surface area (Å²) in [5, 5.41) is 6.85. The summed E-state index contributed by atoms with van der Waals surface area (Å²) in [6.07, 6.45) is 3.54. The fraction of sp³-hybridized carbons (Fsp3) is 0.316. The van der Waals surface area contributed by atoms with E-state index in [-0.39, 0.29) is 6.04 Å². The number of nitrogens with zero attached hydrogens (tertiary/aromatic N) is 2. The third kappa shape index (κ3) is 5.20. The molecule has 0 aliphatic rings. The van der Waals surface area contributed by atoms with Crippen molar-refractivity contribution in [2.45, 2.75) is 32.9 Å². The molecule has 1 N–H and O–H groups in total. The molecule has 1 aromatic carbocycles. The molecule has 2 aromatic rings. The number of rotatable bonds is 7. The average molecular weight is 357 g/mol. The fourth-order valence-electron chi connectivity index (χ4n) is 2.23. The number of carbonyl (C=O) groups excluding carboxylic acids is 2. The van der Waals surface area contributed by atoms with Crippen molar-refractivity contribution in [2.75, 3.05) is 12.4 Å². The lowest BCUT2D eigenvalue weighted by atomic mass is 10.2. The predicted octanol–water partition coefficient (Wildman–Crippen LogP) is 3.06. The van der Waals surface area contributed by atoms with Gasteiger partial charge in [0.25, 0.3) is 5.91 Å². The number of aromatic nitrogens is 2. The summed E-state index contributed by atoms with van der Waals surface area (Å²) in [6, 6.07) is 9.03. The highest BCUT2D eigenvalue weighted by Crippen LogP contribution is 2.15. The van der Waals surface area contributed by atoms with E-state index in [0.717, 1.165) is 5.56 Å². The van der Waals surface area contributed by atoms with Crippen molar-refractivity contribution < 1.29 is 19.1 Å². The summed E-state index contributed by atoms with van der Waals surface area (Å²) in [5.74, 6) is 0.221. The van der Waals surface area contributed by atoms with Crippen LogP contribution in [0.3, 0.4) is 0 Å². The second-order valence-corrected chi connectivity index (χ2v) is 5.93. The molecule has 7 nitrogen and oxygen atoms in total. The molecular weight excluding hydrogens is 334 g/mol. The second-order valence-electron chi connectivity index (χ2n) is 5.93. The molecule has 0 aliphatic carbocycles. The van der Waals surface area contributed by atoms with Crippen molar-refractivity contribution in [3.05, 3.63) is 48.2 Å². The van der Waals surface area contributed by atoms with Gasteiger partial charge in [-0.05, 0) is 44.5 Å². The molecule has 1 heterocycles. The van der Waals surface area contributed by atoms with Gasteiger partial charge in [0.05, 0.1) is 13.3 Å². The molecule has 7 heteroatoms. The number of hydrogen-bond acceptors (Lipinski definition) is 5. The molecule has 26 heavy (non-hydrogen) atoms. The van der Waals surface area contributed by atoms with E-state index in [2.05, 4.69) is 10.4 Å². The van der Waals surface area contributed by atoms with Gasteiger partial charge >= 0.3 is 5.97 Å². The molecule has 0 aliphatic heterocycles. The van der Waals surface area contributed by atoms with Crippen LogP contribution in [0.15, 0.2) is 42.6 Å². The Morgan fingerprint density at radius 3 is 2.69 bits per heavy atom. The minimum absolute atomic E-state index is 0.101. The predicted molar refractivity (Wildman–Crippen MR) is 98.8 cm³/mol. The highest BCUT2D eigenvalue weighted by atomic mass is 16.5. The summed E-state index contributed by atoms with van der Waals surface area (Å²) in [5.41, 5.74) is 0.791. The molecular formula is C19H23N3O4. The average Bonchev–Trinajstić information content (AvgIpc) is 3.08. The fourth-order valence-corrected chi connectivity index (χ4v) is 2.23. The van der Waals surface area contributed by atoms with Crippen LogP contribution in [0.1, 0.15) is 32.4 Å². The highest BCUT2D eigenvalue weighted by Gasteiger charge is 2.18. The molecule has 0 saturated carbocycles. The Bertz CT molecular complexity index is 796. The maximum Gasteiger partial charge on any atom is 0.331 e. The number of ether oxygens (including phenoxy) is 2. The summed E-state index contributed by atoms with van der Waals surface area (Å²) in [7, 11) is 1.57. The number of carbonyl (C=O) groups is 2. The van der Waals surface area contributed by atoms with Crippen LogP contribution in [0.4, 0.5) is 5.82 Å². The van der Waals surface area contributed by atoms with Gasteiger partial charge in [-0.15, -0.1) is 0 Å². The van der Waals surface area contributed by atoms with Crippen molar-refractivity contribution in [1.29, 1.82) is 0 Å². The van der Waals surface area contributed by atoms with Gasteiger partial charge < -0.3 is 14.8 Å². The zero-order valence-electron chi connectivity index (χ0n) is 15.3. The Morgan fingerprint density at radius 1 is 1.23 bits per heavy atom. The standard InChI is InChI=1S/C19H23N3O4/c1-13(2)22-17(10-11-20-22)21-19(24)14(3)26-18(23)9-8-15-6-5-7-16(12-15)25-4/h5-14H,1-4H3,(H,21,24)/b9-8+/t14-/m1/s1. The first-order chi connectivity index (χ1) is 12.4. The summed E-state index contributed by atoms with van der Waals surface area (Å²) in [4.78, 5) is 24.1. The number of amides is 1. The van der Waals surface area contributed by atoms with Crippen LogP contribution in [0.25, 0.3) is 6.08 Å². The van der Waals surface area contributed by atoms with E-state index in [1.165, 1.54) is 13.0 Å². The van der Waals surface area contributed by atoms with Gasteiger partial charge in [0.2, 0.25) is 0 Å². The summed E-state index contributed by atoms with van der Waals surface area (Å²) >= 11 is 0. The topological polar surface area (TPSA) is 82.4 Å². The Hall–Kier alpha value is -3.09. The van der Waals surface area contributed by atoms with Gasteiger partial charge in [0.15, 0.2) is 6.10 Å². The number of benzene rings is 1. The van der Waals surface area contributed by atoms with Crippen molar-refractivity contribution in [3.63, 3.8) is 0 Å². The molecule has 1 aromatic heterocycles. The van der Waals surface area contributed by atoms with Crippen LogP contribution in [0, 0.1) is 0 Å². The summed E-state index contributed by atoms with van der Waals surface area (Å²) in [6.45, 7) is 5.42. The first-order valence-electron chi connectivity index (χ1n) is 8.28. The van der Waals surface area contributed by atoms with E-state index in [1.807, 2.05) is 32.0 Å². The molecule has 1 atom stereocenters. The minimum Gasteiger partial charge on any atom is -0.497 e. The highest BCUT2D eigenvalue weighted by molar-refractivity contribution is 5.96. The van der Waals surface area contributed by atoms with Gasteiger partial charge in [-0.3, -0.25) is 4.79 Å². The number of nitrogens with one attached hydrogen (secondary N) is 1. The Morgan fingerprint density at radius 2 is 2.00 bits per heavy atom. The monoisotopic (exact) mass is 357 g/mol. The van der Waals surface area contributed by atoms with Gasteiger partial charge in [-0.1, -0.05) is 12.1 Å². The molecule has 0 spiro atoms. The normalized spacial score (nSPS) is 12.2. The Kier molecular flexibility index (Phi) is 6.54. The maximum atomic E-state index is 12.2. The van der Waals surface area contributed by atoms with Crippen LogP contribution in [0.2, 0.25) is 0 Å².